The van der Waals surface area contributed by atoms with E-state index in [9.17, 15) is 10.1 Å². The van der Waals surface area contributed by atoms with Gasteiger partial charge in [0.15, 0.2) is 5.75 Å². The van der Waals surface area contributed by atoms with Crippen LogP contribution in [0.1, 0.15) is 32.3 Å². The van der Waals surface area contributed by atoms with Crippen LogP contribution in [0.25, 0.3) is 0 Å². The lowest BCUT2D eigenvalue weighted by Crippen LogP contribution is -2.04. The van der Waals surface area contributed by atoms with Crippen LogP contribution >= 0.6 is 11.6 Å². The van der Waals surface area contributed by atoms with Crippen molar-refractivity contribution < 1.29 is 9.66 Å². The number of ether oxygens (including phenoxy) is 1. The molecule has 0 fully saturated rings. The number of nitrogens with zero attached hydrogens (tertiary/aromatic N) is 1. The van der Waals surface area contributed by atoms with Crippen LogP contribution in [0, 0.1) is 10.1 Å². The van der Waals surface area contributed by atoms with Gasteiger partial charge in [0.1, 0.15) is 0 Å². The Balaban J connectivity index is 2.93. The van der Waals surface area contributed by atoms with Crippen molar-refractivity contribution in [3.8, 4) is 5.75 Å². The van der Waals surface area contributed by atoms with E-state index >= 15 is 0 Å². The molecule has 0 amide bonds. The second-order valence-electron chi connectivity index (χ2n) is 4.12. The van der Waals surface area contributed by atoms with Crippen molar-refractivity contribution in [2.45, 2.75) is 38.5 Å². The molecule has 0 N–H and O–H groups in total. The molecule has 18 heavy (non-hydrogen) atoms. The van der Waals surface area contributed by atoms with Crippen LogP contribution in [0.5, 0.6) is 5.75 Å². The Morgan fingerprint density at radius 3 is 2.72 bits per heavy atom. The van der Waals surface area contributed by atoms with E-state index in [1.54, 1.807) is 12.1 Å². The number of halogens is 1. The highest BCUT2D eigenvalue weighted by molar-refractivity contribution is 6.20. The van der Waals surface area contributed by atoms with Gasteiger partial charge >= 0.3 is 5.69 Å². The lowest BCUT2D eigenvalue weighted by Gasteiger charge is -2.10. The maximum absolute atomic E-state index is 10.9. The first-order valence-electron chi connectivity index (χ1n) is 6.12. The largest absolute Gasteiger partial charge is 0.487 e. The zero-order valence-electron chi connectivity index (χ0n) is 10.7. The van der Waals surface area contributed by atoms with Crippen molar-refractivity contribution in [2.75, 3.05) is 6.61 Å². The van der Waals surface area contributed by atoms with Crippen molar-refractivity contribution in [2.24, 2.45) is 0 Å². The molecule has 0 aromatic heterocycles. The third-order valence-corrected chi connectivity index (χ3v) is 3.05. The van der Waals surface area contributed by atoms with Crippen molar-refractivity contribution in [3.05, 3.63) is 33.9 Å². The number of hydrogen-bond acceptors (Lipinski definition) is 3. The number of hydrogen-bond donors (Lipinski definition) is 0. The molecule has 1 aromatic rings. The summed E-state index contributed by atoms with van der Waals surface area (Å²) in [7, 11) is 0. The molecule has 0 aliphatic rings. The van der Waals surface area contributed by atoms with Crippen LogP contribution in [0.2, 0.25) is 0 Å². The SMILES string of the molecule is CCCOc1cc(CC(Cl)CC)ccc1[N+](=O)[O-]. The molecule has 4 nitrogen and oxygen atoms in total. The Morgan fingerprint density at radius 1 is 1.44 bits per heavy atom. The lowest BCUT2D eigenvalue weighted by molar-refractivity contribution is -0.385. The van der Waals surface area contributed by atoms with Crippen LogP contribution < -0.4 is 4.74 Å². The maximum Gasteiger partial charge on any atom is 0.310 e. The lowest BCUT2D eigenvalue weighted by atomic mass is 10.1. The molecule has 0 aliphatic heterocycles. The first-order valence-corrected chi connectivity index (χ1v) is 6.56. The minimum Gasteiger partial charge on any atom is -0.487 e. The number of nitro benzene ring substituents is 1. The Bertz CT molecular complexity index is 409. The van der Waals surface area contributed by atoms with Gasteiger partial charge < -0.3 is 4.74 Å². The fourth-order valence-electron chi connectivity index (χ4n) is 1.56. The van der Waals surface area contributed by atoms with E-state index < -0.39 is 4.92 Å². The third kappa shape index (κ3) is 4.18. The predicted octanol–water partition coefficient (Wildman–Crippen LogP) is 3.94. The Morgan fingerprint density at radius 2 is 2.17 bits per heavy atom. The minimum absolute atomic E-state index is 0.00909. The zero-order valence-corrected chi connectivity index (χ0v) is 11.4. The molecule has 1 unspecified atom stereocenters. The summed E-state index contributed by atoms with van der Waals surface area (Å²) in [6.45, 7) is 4.45. The quantitative estimate of drug-likeness (QED) is 0.429. The Labute approximate surface area is 112 Å². The molecular formula is C13H18ClNO3. The van der Waals surface area contributed by atoms with Gasteiger partial charge in [-0.05, 0) is 30.9 Å². The number of nitro groups is 1. The second kappa shape index (κ2) is 7.21. The monoisotopic (exact) mass is 271 g/mol. The predicted molar refractivity (Wildman–Crippen MR) is 72.5 cm³/mol. The maximum atomic E-state index is 10.9. The molecule has 0 saturated heterocycles. The normalized spacial score (nSPS) is 12.2. The summed E-state index contributed by atoms with van der Waals surface area (Å²) in [6.07, 6.45) is 2.37. The van der Waals surface area contributed by atoms with Crippen LogP contribution in [-0.2, 0) is 6.42 Å². The summed E-state index contributed by atoms with van der Waals surface area (Å²) in [5, 5.41) is 10.9. The van der Waals surface area contributed by atoms with Gasteiger partial charge in [0.2, 0.25) is 0 Å². The molecule has 0 radical (unpaired) electrons. The van der Waals surface area contributed by atoms with Gasteiger partial charge in [0.05, 0.1) is 11.5 Å². The molecule has 1 atom stereocenters. The summed E-state index contributed by atoms with van der Waals surface area (Å²) in [4.78, 5) is 10.5. The van der Waals surface area contributed by atoms with Crippen molar-refractivity contribution >= 4 is 17.3 Å². The summed E-state index contributed by atoms with van der Waals surface area (Å²) >= 11 is 6.08. The van der Waals surface area contributed by atoms with Crippen LogP contribution in [0.3, 0.4) is 0 Å². The van der Waals surface area contributed by atoms with Crippen LogP contribution in [-0.4, -0.2) is 16.9 Å². The van der Waals surface area contributed by atoms with Gasteiger partial charge in [-0.3, -0.25) is 10.1 Å². The fraction of sp³-hybridized carbons (Fsp3) is 0.538. The van der Waals surface area contributed by atoms with Crippen LogP contribution in [0.4, 0.5) is 5.69 Å². The zero-order chi connectivity index (χ0) is 13.5. The molecule has 100 valence electrons. The highest BCUT2D eigenvalue weighted by Crippen LogP contribution is 2.29. The van der Waals surface area contributed by atoms with Crippen molar-refractivity contribution in [3.63, 3.8) is 0 Å². The molecule has 1 aromatic carbocycles. The van der Waals surface area contributed by atoms with Crippen LogP contribution in [0.15, 0.2) is 18.2 Å². The average molecular weight is 272 g/mol. The Hall–Kier alpha value is -1.29. The standard InChI is InChI=1S/C13H18ClNO3/c1-3-7-18-13-9-10(8-11(14)4-2)5-6-12(13)15(16)17/h5-6,9,11H,3-4,7-8H2,1-2H3. The molecule has 5 heteroatoms. The first kappa shape index (κ1) is 14.8. The smallest absolute Gasteiger partial charge is 0.310 e. The van der Waals surface area contributed by atoms with Crippen molar-refractivity contribution in [1.29, 1.82) is 0 Å². The molecule has 1 rings (SSSR count). The van der Waals surface area contributed by atoms with E-state index in [1.165, 1.54) is 6.07 Å². The van der Waals surface area contributed by atoms with E-state index in [4.69, 9.17) is 16.3 Å². The highest BCUT2D eigenvalue weighted by atomic mass is 35.5. The summed E-state index contributed by atoms with van der Waals surface area (Å²) in [6, 6.07) is 4.94. The van der Waals surface area contributed by atoms with Crippen molar-refractivity contribution in [1.82, 2.24) is 0 Å². The fourth-order valence-corrected chi connectivity index (χ4v) is 1.74. The second-order valence-corrected chi connectivity index (χ2v) is 4.73. The van der Waals surface area contributed by atoms with Gasteiger partial charge in [0.25, 0.3) is 0 Å². The number of alkyl halides is 1. The van der Waals surface area contributed by atoms with E-state index in [2.05, 4.69) is 0 Å². The van der Waals surface area contributed by atoms with E-state index in [0.717, 1.165) is 18.4 Å². The summed E-state index contributed by atoms with van der Waals surface area (Å²) in [5.74, 6) is 0.333. The van der Waals surface area contributed by atoms with Gasteiger partial charge in [-0.25, -0.2) is 0 Å². The molecule has 0 spiro atoms. The first-order chi connectivity index (χ1) is 8.58. The summed E-state index contributed by atoms with van der Waals surface area (Å²) in [5.41, 5.74) is 0.975. The molecule has 0 aliphatic carbocycles. The Kier molecular flexibility index (Phi) is 5.92. The van der Waals surface area contributed by atoms with E-state index in [-0.39, 0.29) is 11.1 Å². The van der Waals surface area contributed by atoms with Gasteiger partial charge in [-0.1, -0.05) is 19.9 Å². The summed E-state index contributed by atoms with van der Waals surface area (Å²) < 4.78 is 5.42. The molecule has 0 bridgehead atoms. The topological polar surface area (TPSA) is 52.4 Å². The highest BCUT2D eigenvalue weighted by Gasteiger charge is 2.16. The number of rotatable bonds is 7. The van der Waals surface area contributed by atoms with Gasteiger partial charge in [0, 0.05) is 11.4 Å². The third-order valence-electron chi connectivity index (χ3n) is 2.58. The molecule has 0 heterocycles. The number of benzene rings is 1. The van der Waals surface area contributed by atoms with E-state index in [1.807, 2.05) is 13.8 Å². The molecular weight excluding hydrogens is 254 g/mol. The van der Waals surface area contributed by atoms with Gasteiger partial charge in [-0.2, -0.15) is 0 Å². The average Bonchev–Trinajstić information content (AvgIpc) is 2.36. The van der Waals surface area contributed by atoms with E-state index in [0.29, 0.717) is 18.8 Å². The molecule has 0 saturated carbocycles. The minimum atomic E-state index is -0.424. The van der Waals surface area contributed by atoms with Gasteiger partial charge in [-0.15, -0.1) is 11.6 Å².